The highest BCUT2D eigenvalue weighted by molar-refractivity contribution is 5.89. The lowest BCUT2D eigenvalue weighted by molar-refractivity contribution is 0.177. The van der Waals surface area contributed by atoms with Gasteiger partial charge in [0.15, 0.2) is 0 Å². The number of H-pyrrole nitrogens is 2. The summed E-state index contributed by atoms with van der Waals surface area (Å²) in [5, 5.41) is 3.25. The fourth-order valence-corrected chi connectivity index (χ4v) is 3.34. The number of carbonyl (C=O) groups excluding carboxylic acids is 1. The van der Waals surface area contributed by atoms with Crippen molar-refractivity contribution in [3.63, 3.8) is 0 Å². The molecular formula is C19H22N6O3. The molecule has 0 unspecified atom stereocenters. The van der Waals surface area contributed by atoms with E-state index in [9.17, 15) is 9.59 Å². The van der Waals surface area contributed by atoms with Gasteiger partial charge < -0.3 is 20.0 Å². The molecule has 1 fully saturated rings. The molecular weight excluding hydrogens is 360 g/mol. The fraction of sp³-hybridized carbons (Fsp3) is 0.368. The Labute approximate surface area is 161 Å². The maximum absolute atomic E-state index is 12.2. The highest BCUT2D eigenvalue weighted by Gasteiger charge is 2.37. The molecule has 146 valence electrons. The molecule has 9 nitrogen and oxygen atoms in total. The summed E-state index contributed by atoms with van der Waals surface area (Å²) in [7, 11) is 0. The zero-order valence-corrected chi connectivity index (χ0v) is 15.9. The minimum atomic E-state index is -0.390. The number of carbonyl (C=O) groups is 1. The Morgan fingerprint density at radius 3 is 2.75 bits per heavy atom. The van der Waals surface area contributed by atoms with Crippen molar-refractivity contribution in [3.05, 3.63) is 46.5 Å². The number of ether oxygens (including phenoxy) is 1. The summed E-state index contributed by atoms with van der Waals surface area (Å²) in [4.78, 5) is 39.4. The minimum Gasteiger partial charge on any atom is -0.447 e. The summed E-state index contributed by atoms with van der Waals surface area (Å²) in [5.41, 5.74) is 2.23. The molecule has 1 amide bonds. The molecule has 28 heavy (non-hydrogen) atoms. The summed E-state index contributed by atoms with van der Waals surface area (Å²) in [6.45, 7) is 6.42. The molecule has 1 aliphatic heterocycles. The smallest absolute Gasteiger partial charge is 0.415 e. The Balaban J connectivity index is 1.57. The van der Waals surface area contributed by atoms with Gasteiger partial charge in [0.2, 0.25) is 5.95 Å². The Bertz CT molecular complexity index is 1070. The predicted octanol–water partition coefficient (Wildman–Crippen LogP) is 2.80. The lowest BCUT2D eigenvalue weighted by Gasteiger charge is -2.23. The number of anilines is 2. The topological polar surface area (TPSA) is 116 Å². The van der Waals surface area contributed by atoms with Crippen LogP contribution in [0.25, 0.3) is 11.0 Å². The van der Waals surface area contributed by atoms with Crippen molar-refractivity contribution in [2.24, 2.45) is 5.92 Å². The van der Waals surface area contributed by atoms with E-state index in [0.717, 1.165) is 16.6 Å². The van der Waals surface area contributed by atoms with Crippen LogP contribution in [0, 0.1) is 5.92 Å². The van der Waals surface area contributed by atoms with Gasteiger partial charge in [0.1, 0.15) is 12.4 Å². The molecule has 1 aromatic carbocycles. The number of rotatable bonds is 5. The van der Waals surface area contributed by atoms with Crippen LogP contribution in [0.15, 0.2) is 35.3 Å². The molecule has 3 heterocycles. The number of aromatic amines is 2. The van der Waals surface area contributed by atoms with E-state index in [1.165, 1.54) is 0 Å². The predicted molar refractivity (Wildman–Crippen MR) is 105 cm³/mol. The monoisotopic (exact) mass is 382 g/mol. The van der Waals surface area contributed by atoms with Crippen molar-refractivity contribution in [1.82, 2.24) is 19.9 Å². The average molecular weight is 382 g/mol. The summed E-state index contributed by atoms with van der Waals surface area (Å²) in [5.74, 6) is 1.16. The first-order chi connectivity index (χ1) is 13.4. The maximum Gasteiger partial charge on any atom is 0.415 e. The second-order valence-electron chi connectivity index (χ2n) is 7.25. The van der Waals surface area contributed by atoms with Crippen LogP contribution in [0.4, 0.5) is 16.6 Å². The number of fused-ring (bicyclic) bond motifs is 1. The van der Waals surface area contributed by atoms with Gasteiger partial charge in [-0.25, -0.2) is 14.6 Å². The first-order valence-corrected chi connectivity index (χ1v) is 9.20. The number of nitrogens with one attached hydrogen (secondary N) is 3. The number of benzene rings is 1. The van der Waals surface area contributed by atoms with E-state index in [-0.39, 0.29) is 23.7 Å². The van der Waals surface area contributed by atoms with Crippen LogP contribution < -0.4 is 15.9 Å². The largest absolute Gasteiger partial charge is 0.447 e. The van der Waals surface area contributed by atoms with Crippen LogP contribution in [0.1, 0.15) is 32.4 Å². The molecule has 9 heteroatoms. The number of hydrogen-bond donors (Lipinski definition) is 3. The van der Waals surface area contributed by atoms with Crippen molar-refractivity contribution in [2.75, 3.05) is 16.8 Å². The van der Waals surface area contributed by atoms with E-state index in [1.54, 1.807) is 17.2 Å². The van der Waals surface area contributed by atoms with E-state index in [1.807, 2.05) is 39.0 Å². The first-order valence-electron chi connectivity index (χ1n) is 9.20. The molecule has 2 aromatic heterocycles. The lowest BCUT2D eigenvalue weighted by Crippen LogP contribution is -2.37. The standard InChI is InChI=1S/C19H22N6O3/c1-10(2)15-9-28-19(27)25(15)16-6-7-20-17(24-16)21-11(3)12-4-5-13-14(8-12)23-18(26)22-13/h4-8,10-11,15H,9H2,1-3H3,(H,20,21,24)(H2,22,23,26)/t11-,15+/m0/s1. The van der Waals surface area contributed by atoms with Crippen molar-refractivity contribution in [2.45, 2.75) is 32.9 Å². The van der Waals surface area contributed by atoms with Crippen LogP contribution in [0.5, 0.6) is 0 Å². The van der Waals surface area contributed by atoms with Crippen molar-refractivity contribution in [3.8, 4) is 0 Å². The zero-order chi connectivity index (χ0) is 19.8. The second kappa shape index (κ2) is 6.99. The third-order valence-electron chi connectivity index (χ3n) is 4.95. The summed E-state index contributed by atoms with van der Waals surface area (Å²) in [6.07, 6.45) is 1.23. The number of amides is 1. The van der Waals surface area contributed by atoms with E-state index in [0.29, 0.717) is 18.4 Å². The molecule has 3 N–H and O–H groups in total. The van der Waals surface area contributed by atoms with Gasteiger partial charge in [0.05, 0.1) is 23.1 Å². The lowest BCUT2D eigenvalue weighted by atomic mass is 10.0. The Morgan fingerprint density at radius 1 is 1.18 bits per heavy atom. The third kappa shape index (κ3) is 3.30. The fourth-order valence-electron chi connectivity index (χ4n) is 3.34. The summed E-state index contributed by atoms with van der Waals surface area (Å²) < 4.78 is 5.20. The van der Waals surface area contributed by atoms with Gasteiger partial charge in [0, 0.05) is 6.20 Å². The van der Waals surface area contributed by atoms with E-state index < -0.39 is 6.09 Å². The third-order valence-corrected chi connectivity index (χ3v) is 4.95. The molecule has 3 aromatic rings. The molecule has 2 atom stereocenters. The molecule has 0 aliphatic carbocycles. The molecule has 0 saturated carbocycles. The van der Waals surface area contributed by atoms with Gasteiger partial charge in [-0.05, 0) is 36.6 Å². The Hall–Kier alpha value is -3.36. The van der Waals surface area contributed by atoms with Crippen LogP contribution in [-0.2, 0) is 4.74 Å². The van der Waals surface area contributed by atoms with E-state index in [2.05, 4.69) is 25.3 Å². The number of cyclic esters (lactones) is 1. The molecule has 1 saturated heterocycles. The summed E-state index contributed by atoms with van der Waals surface area (Å²) >= 11 is 0. The van der Waals surface area contributed by atoms with Gasteiger partial charge in [-0.2, -0.15) is 4.98 Å². The van der Waals surface area contributed by atoms with Gasteiger partial charge >= 0.3 is 11.8 Å². The maximum atomic E-state index is 12.2. The highest BCUT2D eigenvalue weighted by atomic mass is 16.6. The van der Waals surface area contributed by atoms with Gasteiger partial charge in [-0.15, -0.1) is 0 Å². The first kappa shape index (κ1) is 18.0. The number of imidazole rings is 1. The van der Waals surface area contributed by atoms with E-state index >= 15 is 0 Å². The SMILES string of the molecule is CC(C)[C@H]1COC(=O)N1c1ccnc(N[C@@H](C)c2ccc3[nH]c(=O)[nH]c3c2)n1. The molecule has 4 rings (SSSR count). The number of aromatic nitrogens is 4. The molecule has 0 bridgehead atoms. The van der Waals surface area contributed by atoms with Gasteiger partial charge in [0.25, 0.3) is 0 Å². The number of nitrogens with zero attached hydrogens (tertiary/aromatic N) is 3. The van der Waals surface area contributed by atoms with E-state index in [4.69, 9.17) is 4.74 Å². The Morgan fingerprint density at radius 2 is 1.96 bits per heavy atom. The second-order valence-corrected chi connectivity index (χ2v) is 7.25. The van der Waals surface area contributed by atoms with Crippen molar-refractivity contribution < 1.29 is 9.53 Å². The molecule has 0 radical (unpaired) electrons. The average Bonchev–Trinajstić information content (AvgIpc) is 3.22. The summed E-state index contributed by atoms with van der Waals surface area (Å²) in [6, 6.07) is 7.23. The molecule has 0 spiro atoms. The molecule has 1 aliphatic rings. The number of hydrogen-bond acceptors (Lipinski definition) is 6. The normalized spacial score (nSPS) is 17.9. The van der Waals surface area contributed by atoms with Crippen LogP contribution in [-0.4, -0.2) is 38.7 Å². The van der Waals surface area contributed by atoms with Gasteiger partial charge in [-0.1, -0.05) is 19.9 Å². The van der Waals surface area contributed by atoms with Crippen molar-refractivity contribution in [1.29, 1.82) is 0 Å². The highest BCUT2D eigenvalue weighted by Crippen LogP contribution is 2.27. The quantitative estimate of drug-likeness (QED) is 0.625. The van der Waals surface area contributed by atoms with Crippen LogP contribution in [0.3, 0.4) is 0 Å². The Kier molecular flexibility index (Phi) is 4.50. The van der Waals surface area contributed by atoms with Crippen LogP contribution in [0.2, 0.25) is 0 Å². The zero-order valence-electron chi connectivity index (χ0n) is 15.9. The van der Waals surface area contributed by atoms with Crippen LogP contribution >= 0.6 is 0 Å². The van der Waals surface area contributed by atoms with Gasteiger partial charge in [-0.3, -0.25) is 4.90 Å². The van der Waals surface area contributed by atoms with Crippen molar-refractivity contribution >= 4 is 28.9 Å². The minimum absolute atomic E-state index is 0.0551.